The van der Waals surface area contributed by atoms with E-state index in [1.54, 1.807) is 0 Å². The van der Waals surface area contributed by atoms with E-state index in [0.717, 1.165) is 29.6 Å². The highest BCUT2D eigenvalue weighted by Gasteiger charge is 2.25. The molecule has 2 atom stereocenters. The first-order valence-electron chi connectivity index (χ1n) is 7.09. The van der Waals surface area contributed by atoms with Gasteiger partial charge in [0.2, 0.25) is 0 Å². The molecule has 2 N–H and O–H groups in total. The zero-order chi connectivity index (χ0) is 13.5. The lowest BCUT2D eigenvalue weighted by atomic mass is 9.94. The molecule has 4 rings (SSSR count). The number of nitrogens with one attached hydrogen (secondary N) is 1. The van der Waals surface area contributed by atoms with Gasteiger partial charge in [0.15, 0.2) is 0 Å². The zero-order valence-corrected chi connectivity index (χ0v) is 11.2. The zero-order valence-electron chi connectivity index (χ0n) is 11.2. The fourth-order valence-electron chi connectivity index (χ4n) is 3.12. The topological polar surface area (TPSA) is 45.2 Å². The van der Waals surface area contributed by atoms with Gasteiger partial charge in [0, 0.05) is 34.3 Å². The maximum absolute atomic E-state index is 10.5. The largest absolute Gasteiger partial charge is 0.388 e. The molecule has 1 aliphatic heterocycles. The normalized spacial score (nSPS) is 20.8. The number of rotatable bonds is 2. The summed E-state index contributed by atoms with van der Waals surface area (Å²) in [5, 5.41) is 12.9. The number of hydrogen-bond acceptors (Lipinski definition) is 2. The number of aliphatic hydroxyl groups excluding tert-OH is 1. The minimum atomic E-state index is -0.435. The van der Waals surface area contributed by atoms with E-state index in [-0.39, 0.29) is 5.92 Å². The Morgan fingerprint density at radius 1 is 1.10 bits per heavy atom. The van der Waals surface area contributed by atoms with Crippen LogP contribution in [0.4, 0.5) is 0 Å². The van der Waals surface area contributed by atoms with Crippen LogP contribution < -0.4 is 0 Å². The lowest BCUT2D eigenvalue weighted by Crippen LogP contribution is -2.12. The van der Waals surface area contributed by atoms with Crippen LogP contribution in [0.5, 0.6) is 0 Å². The maximum atomic E-state index is 10.5. The molecule has 1 fully saturated rings. The molecular formula is C17H17NO2. The number of aromatic nitrogens is 1. The van der Waals surface area contributed by atoms with Gasteiger partial charge in [0.05, 0.1) is 12.7 Å². The third-order valence-electron chi connectivity index (χ3n) is 4.28. The van der Waals surface area contributed by atoms with Crippen molar-refractivity contribution >= 4 is 21.8 Å². The van der Waals surface area contributed by atoms with E-state index in [2.05, 4.69) is 29.2 Å². The number of H-pyrrole nitrogens is 1. The number of ether oxygens (including phenoxy) is 1. The summed E-state index contributed by atoms with van der Waals surface area (Å²) in [5.41, 5.74) is 3.24. The minimum absolute atomic E-state index is 0.220. The Morgan fingerprint density at radius 3 is 2.80 bits per heavy atom. The Morgan fingerprint density at radius 2 is 1.95 bits per heavy atom. The average Bonchev–Trinajstić information content (AvgIpc) is 3.13. The second-order valence-electron chi connectivity index (χ2n) is 5.54. The van der Waals surface area contributed by atoms with Gasteiger partial charge < -0.3 is 14.8 Å². The highest BCUT2D eigenvalue weighted by molar-refractivity contribution is 6.07. The second kappa shape index (κ2) is 4.62. The van der Waals surface area contributed by atoms with Crippen LogP contribution in [0.1, 0.15) is 18.1 Å². The average molecular weight is 267 g/mol. The van der Waals surface area contributed by atoms with Crippen molar-refractivity contribution in [3.8, 4) is 0 Å². The first kappa shape index (κ1) is 11.9. The number of fused-ring (bicyclic) bond motifs is 3. The molecule has 3 nitrogen and oxygen atoms in total. The summed E-state index contributed by atoms with van der Waals surface area (Å²) < 4.78 is 5.38. The van der Waals surface area contributed by atoms with E-state index in [1.807, 2.05) is 18.2 Å². The van der Waals surface area contributed by atoms with Crippen molar-refractivity contribution in [1.82, 2.24) is 4.98 Å². The van der Waals surface area contributed by atoms with E-state index in [9.17, 15) is 5.11 Å². The molecule has 0 bridgehead atoms. The van der Waals surface area contributed by atoms with Crippen LogP contribution in [0.3, 0.4) is 0 Å². The van der Waals surface area contributed by atoms with E-state index in [0.29, 0.717) is 6.61 Å². The summed E-state index contributed by atoms with van der Waals surface area (Å²) in [7, 11) is 0. The van der Waals surface area contributed by atoms with Crippen LogP contribution in [0.2, 0.25) is 0 Å². The van der Waals surface area contributed by atoms with E-state index >= 15 is 0 Å². The summed E-state index contributed by atoms with van der Waals surface area (Å²) in [5.74, 6) is 0.220. The number of para-hydroxylation sites is 1. The Bertz CT molecular complexity index is 756. The van der Waals surface area contributed by atoms with Crippen LogP contribution in [-0.4, -0.2) is 23.3 Å². The number of aromatic amines is 1. The molecule has 0 radical (unpaired) electrons. The third-order valence-corrected chi connectivity index (χ3v) is 4.28. The van der Waals surface area contributed by atoms with E-state index in [1.165, 1.54) is 10.8 Å². The summed E-state index contributed by atoms with van der Waals surface area (Å²) >= 11 is 0. The van der Waals surface area contributed by atoms with Gasteiger partial charge in [-0.05, 0) is 30.2 Å². The predicted molar refractivity (Wildman–Crippen MR) is 79.7 cm³/mol. The van der Waals surface area contributed by atoms with Gasteiger partial charge in [-0.3, -0.25) is 0 Å². The molecule has 0 aliphatic carbocycles. The molecule has 1 saturated heterocycles. The Labute approximate surface area is 117 Å². The molecule has 2 unspecified atom stereocenters. The molecule has 102 valence electrons. The minimum Gasteiger partial charge on any atom is -0.388 e. The number of benzene rings is 2. The molecule has 1 aromatic heterocycles. The molecule has 2 heterocycles. The quantitative estimate of drug-likeness (QED) is 0.747. The molecule has 2 aromatic carbocycles. The first-order valence-corrected chi connectivity index (χ1v) is 7.09. The Kier molecular flexibility index (Phi) is 2.76. The second-order valence-corrected chi connectivity index (χ2v) is 5.54. The van der Waals surface area contributed by atoms with Gasteiger partial charge in [-0.2, -0.15) is 0 Å². The molecule has 3 heteroatoms. The lowest BCUT2D eigenvalue weighted by molar-refractivity contribution is 0.0919. The fraction of sp³-hybridized carbons (Fsp3) is 0.294. The summed E-state index contributed by atoms with van der Waals surface area (Å²) in [6, 6.07) is 14.5. The SMILES string of the molecule is OC(c1ccc2[nH]c3ccccc3c2c1)C1CCOC1. The standard InChI is InChI=1S/C17H17NO2/c19-17(12-7-8-20-10-12)11-5-6-16-14(9-11)13-3-1-2-4-15(13)18-16/h1-6,9,12,17-19H,7-8,10H2. The van der Waals surface area contributed by atoms with Gasteiger partial charge in [-0.25, -0.2) is 0 Å². The van der Waals surface area contributed by atoms with Gasteiger partial charge in [0.25, 0.3) is 0 Å². The van der Waals surface area contributed by atoms with Crippen molar-refractivity contribution in [2.45, 2.75) is 12.5 Å². The van der Waals surface area contributed by atoms with Crippen molar-refractivity contribution in [1.29, 1.82) is 0 Å². The van der Waals surface area contributed by atoms with Crippen molar-refractivity contribution in [2.24, 2.45) is 5.92 Å². The van der Waals surface area contributed by atoms with Gasteiger partial charge in [-0.1, -0.05) is 24.3 Å². The number of hydrogen-bond donors (Lipinski definition) is 2. The molecule has 3 aromatic rings. The summed E-state index contributed by atoms with van der Waals surface area (Å²) in [4.78, 5) is 3.41. The first-order chi connectivity index (χ1) is 9.83. The van der Waals surface area contributed by atoms with Crippen LogP contribution in [0.15, 0.2) is 42.5 Å². The van der Waals surface area contributed by atoms with Crippen LogP contribution in [0.25, 0.3) is 21.8 Å². The Balaban J connectivity index is 1.82. The van der Waals surface area contributed by atoms with Crippen molar-refractivity contribution in [3.05, 3.63) is 48.0 Å². The smallest absolute Gasteiger partial charge is 0.0841 e. The Hall–Kier alpha value is -1.84. The van der Waals surface area contributed by atoms with Gasteiger partial charge in [0.1, 0.15) is 0 Å². The maximum Gasteiger partial charge on any atom is 0.0841 e. The van der Waals surface area contributed by atoms with Crippen molar-refractivity contribution in [3.63, 3.8) is 0 Å². The van der Waals surface area contributed by atoms with Gasteiger partial charge >= 0.3 is 0 Å². The number of aliphatic hydroxyl groups is 1. The highest BCUT2D eigenvalue weighted by atomic mass is 16.5. The highest BCUT2D eigenvalue weighted by Crippen LogP contribution is 2.32. The summed E-state index contributed by atoms with van der Waals surface area (Å²) in [6.45, 7) is 1.42. The summed E-state index contributed by atoms with van der Waals surface area (Å²) in [6.07, 6.45) is 0.503. The molecule has 0 spiro atoms. The fourth-order valence-corrected chi connectivity index (χ4v) is 3.12. The molecule has 0 saturated carbocycles. The molecule has 20 heavy (non-hydrogen) atoms. The van der Waals surface area contributed by atoms with Crippen molar-refractivity contribution in [2.75, 3.05) is 13.2 Å². The molecular weight excluding hydrogens is 250 g/mol. The molecule has 1 aliphatic rings. The monoisotopic (exact) mass is 267 g/mol. The third kappa shape index (κ3) is 1.82. The van der Waals surface area contributed by atoms with Crippen molar-refractivity contribution < 1.29 is 9.84 Å². The van der Waals surface area contributed by atoms with Crippen LogP contribution >= 0.6 is 0 Å². The molecule has 0 amide bonds. The van der Waals surface area contributed by atoms with Crippen LogP contribution in [0, 0.1) is 5.92 Å². The van der Waals surface area contributed by atoms with E-state index in [4.69, 9.17) is 4.74 Å². The lowest BCUT2D eigenvalue weighted by Gasteiger charge is -2.16. The predicted octanol–water partition coefficient (Wildman–Crippen LogP) is 3.39. The van der Waals surface area contributed by atoms with Crippen LogP contribution in [-0.2, 0) is 4.74 Å². The van der Waals surface area contributed by atoms with Gasteiger partial charge in [-0.15, -0.1) is 0 Å². The van der Waals surface area contributed by atoms with E-state index < -0.39 is 6.10 Å².